The fraction of sp³-hybridized carbons (Fsp3) is 0.316. The molecule has 0 aliphatic carbocycles. The number of hydrogen-bond donors (Lipinski definition) is 0. The summed E-state index contributed by atoms with van der Waals surface area (Å²) in [6.07, 6.45) is 3.07. The smallest absolute Gasteiger partial charge is 0.328 e. The number of halogens is 1. The van der Waals surface area contributed by atoms with Gasteiger partial charge in [-0.25, -0.2) is 9.18 Å². The zero-order chi connectivity index (χ0) is 19.2. The SMILES string of the molecule is COC(=O)C1CC(Oc2ccccc2F)CN1C(=O)CSc1ccncc1. The summed E-state index contributed by atoms with van der Waals surface area (Å²) in [7, 11) is 1.28. The van der Waals surface area contributed by atoms with Gasteiger partial charge in [-0.2, -0.15) is 0 Å². The van der Waals surface area contributed by atoms with Crippen LogP contribution in [0.15, 0.2) is 53.7 Å². The van der Waals surface area contributed by atoms with Crippen molar-refractivity contribution in [2.24, 2.45) is 0 Å². The fourth-order valence-electron chi connectivity index (χ4n) is 2.90. The van der Waals surface area contributed by atoms with Crippen LogP contribution in [0, 0.1) is 5.82 Å². The normalized spacial score (nSPS) is 19.0. The number of likely N-dealkylation sites (tertiary alicyclic amines) is 1. The summed E-state index contributed by atoms with van der Waals surface area (Å²) < 4.78 is 24.3. The third-order valence-corrected chi connectivity index (χ3v) is 5.20. The van der Waals surface area contributed by atoms with Crippen molar-refractivity contribution < 1.29 is 23.5 Å². The Morgan fingerprint density at radius 2 is 2.00 bits per heavy atom. The van der Waals surface area contributed by atoms with E-state index in [0.29, 0.717) is 0 Å². The number of rotatable bonds is 6. The molecule has 1 aromatic heterocycles. The molecule has 2 atom stereocenters. The number of carbonyl (C=O) groups is 2. The van der Waals surface area contributed by atoms with Crippen molar-refractivity contribution in [3.05, 3.63) is 54.6 Å². The highest BCUT2D eigenvalue weighted by atomic mass is 32.2. The van der Waals surface area contributed by atoms with Crippen molar-refractivity contribution in [3.8, 4) is 5.75 Å². The number of benzene rings is 1. The van der Waals surface area contributed by atoms with Crippen LogP contribution in [0.3, 0.4) is 0 Å². The predicted molar refractivity (Wildman–Crippen MR) is 97.9 cm³/mol. The summed E-state index contributed by atoms with van der Waals surface area (Å²) in [4.78, 5) is 31.1. The highest BCUT2D eigenvalue weighted by Crippen LogP contribution is 2.27. The number of aromatic nitrogens is 1. The molecular weight excluding hydrogens is 371 g/mol. The van der Waals surface area contributed by atoms with Crippen LogP contribution in [-0.2, 0) is 14.3 Å². The van der Waals surface area contributed by atoms with Crippen molar-refractivity contribution >= 4 is 23.6 Å². The van der Waals surface area contributed by atoms with E-state index in [-0.39, 0.29) is 30.4 Å². The lowest BCUT2D eigenvalue weighted by Gasteiger charge is -2.22. The number of carbonyl (C=O) groups excluding carboxylic acids is 2. The monoisotopic (exact) mass is 390 g/mol. The number of para-hydroxylation sites is 1. The van der Waals surface area contributed by atoms with E-state index in [2.05, 4.69) is 4.98 Å². The molecule has 1 aromatic carbocycles. The molecule has 0 N–H and O–H groups in total. The average molecular weight is 390 g/mol. The standard InChI is InChI=1S/C19H19FN2O4S/c1-25-19(24)16-10-13(26-17-5-3-2-4-15(17)20)11-22(16)18(23)12-27-14-6-8-21-9-7-14/h2-9,13,16H,10-12H2,1H3. The first-order valence-corrected chi connectivity index (χ1v) is 9.38. The molecule has 0 saturated carbocycles. The third-order valence-electron chi connectivity index (χ3n) is 4.20. The summed E-state index contributed by atoms with van der Waals surface area (Å²) in [5.41, 5.74) is 0. The van der Waals surface area contributed by atoms with Gasteiger partial charge in [0.25, 0.3) is 0 Å². The zero-order valence-electron chi connectivity index (χ0n) is 14.7. The summed E-state index contributed by atoms with van der Waals surface area (Å²) in [5, 5.41) is 0. The van der Waals surface area contributed by atoms with E-state index in [0.717, 1.165) is 4.90 Å². The van der Waals surface area contributed by atoms with Gasteiger partial charge in [-0.3, -0.25) is 9.78 Å². The van der Waals surface area contributed by atoms with Crippen LogP contribution in [0.4, 0.5) is 4.39 Å². The molecule has 142 valence electrons. The van der Waals surface area contributed by atoms with Crippen LogP contribution >= 0.6 is 11.8 Å². The Morgan fingerprint density at radius 3 is 2.70 bits per heavy atom. The van der Waals surface area contributed by atoms with Gasteiger partial charge in [-0.1, -0.05) is 12.1 Å². The number of nitrogens with zero attached hydrogens (tertiary/aromatic N) is 2. The van der Waals surface area contributed by atoms with Gasteiger partial charge in [-0.15, -0.1) is 11.8 Å². The molecule has 2 heterocycles. The van der Waals surface area contributed by atoms with E-state index in [1.165, 1.54) is 35.9 Å². The molecule has 1 aliphatic heterocycles. The quantitative estimate of drug-likeness (QED) is 0.558. The first kappa shape index (κ1) is 19.2. The second-order valence-corrected chi connectivity index (χ2v) is 7.01. The minimum Gasteiger partial charge on any atom is -0.485 e. The van der Waals surface area contributed by atoms with Gasteiger partial charge < -0.3 is 14.4 Å². The van der Waals surface area contributed by atoms with Gasteiger partial charge in [0, 0.05) is 23.7 Å². The molecule has 1 aliphatic rings. The van der Waals surface area contributed by atoms with Crippen LogP contribution in [0.1, 0.15) is 6.42 Å². The largest absolute Gasteiger partial charge is 0.485 e. The summed E-state index contributed by atoms with van der Waals surface area (Å²) >= 11 is 1.36. The van der Waals surface area contributed by atoms with E-state index >= 15 is 0 Å². The summed E-state index contributed by atoms with van der Waals surface area (Å²) in [6, 6.07) is 8.94. The van der Waals surface area contributed by atoms with Crippen molar-refractivity contribution in [2.45, 2.75) is 23.5 Å². The maximum Gasteiger partial charge on any atom is 0.328 e. The van der Waals surface area contributed by atoms with Crippen LogP contribution in [0.25, 0.3) is 0 Å². The maximum atomic E-state index is 13.8. The number of amides is 1. The predicted octanol–water partition coefficient (Wildman–Crippen LogP) is 2.53. The van der Waals surface area contributed by atoms with Gasteiger partial charge >= 0.3 is 5.97 Å². The van der Waals surface area contributed by atoms with E-state index < -0.39 is 23.9 Å². The molecule has 2 aromatic rings. The van der Waals surface area contributed by atoms with Crippen molar-refractivity contribution in [1.82, 2.24) is 9.88 Å². The van der Waals surface area contributed by atoms with Crippen LogP contribution in [-0.4, -0.2) is 53.3 Å². The van der Waals surface area contributed by atoms with E-state index in [9.17, 15) is 14.0 Å². The highest BCUT2D eigenvalue weighted by Gasteiger charge is 2.41. The molecule has 27 heavy (non-hydrogen) atoms. The minimum absolute atomic E-state index is 0.103. The maximum absolute atomic E-state index is 13.8. The number of methoxy groups -OCH3 is 1. The first-order valence-electron chi connectivity index (χ1n) is 8.40. The number of esters is 1. The Morgan fingerprint density at radius 1 is 1.26 bits per heavy atom. The lowest BCUT2D eigenvalue weighted by Crippen LogP contribution is -2.42. The molecule has 0 bridgehead atoms. The molecule has 1 amide bonds. The van der Waals surface area contributed by atoms with E-state index in [1.54, 1.807) is 24.5 Å². The number of ether oxygens (including phenoxy) is 2. The average Bonchev–Trinajstić information content (AvgIpc) is 3.12. The molecule has 6 nitrogen and oxygen atoms in total. The van der Waals surface area contributed by atoms with Gasteiger partial charge in [0.1, 0.15) is 12.1 Å². The Labute approximate surface area is 160 Å². The van der Waals surface area contributed by atoms with Gasteiger partial charge in [0.2, 0.25) is 5.91 Å². The third kappa shape index (κ3) is 4.77. The molecule has 0 spiro atoms. The number of hydrogen-bond acceptors (Lipinski definition) is 6. The van der Waals surface area contributed by atoms with E-state index in [4.69, 9.17) is 9.47 Å². The minimum atomic E-state index is -0.739. The Bertz CT molecular complexity index is 805. The lowest BCUT2D eigenvalue weighted by molar-refractivity contribution is -0.150. The molecule has 2 unspecified atom stereocenters. The molecule has 8 heteroatoms. The summed E-state index contributed by atoms with van der Waals surface area (Å²) in [5.74, 6) is -0.912. The second-order valence-electron chi connectivity index (χ2n) is 5.96. The van der Waals surface area contributed by atoms with Gasteiger partial charge in [-0.05, 0) is 24.3 Å². The lowest BCUT2D eigenvalue weighted by atomic mass is 10.2. The highest BCUT2D eigenvalue weighted by molar-refractivity contribution is 8.00. The van der Waals surface area contributed by atoms with Crippen molar-refractivity contribution in [1.29, 1.82) is 0 Å². The molecule has 1 saturated heterocycles. The van der Waals surface area contributed by atoms with Crippen molar-refractivity contribution in [3.63, 3.8) is 0 Å². The van der Waals surface area contributed by atoms with Crippen LogP contribution in [0.2, 0.25) is 0 Å². The van der Waals surface area contributed by atoms with Gasteiger partial charge in [0.15, 0.2) is 11.6 Å². The molecule has 3 rings (SSSR count). The topological polar surface area (TPSA) is 68.7 Å². The Hall–Kier alpha value is -2.61. The van der Waals surface area contributed by atoms with E-state index in [1.807, 2.05) is 12.1 Å². The van der Waals surface area contributed by atoms with Crippen LogP contribution < -0.4 is 4.74 Å². The van der Waals surface area contributed by atoms with Gasteiger partial charge in [0.05, 0.1) is 19.4 Å². The summed E-state index contributed by atoms with van der Waals surface area (Å²) in [6.45, 7) is 0.198. The second kappa shape index (κ2) is 8.85. The number of thioether (sulfide) groups is 1. The van der Waals surface area contributed by atoms with Crippen molar-refractivity contribution in [2.75, 3.05) is 19.4 Å². The van der Waals surface area contributed by atoms with Crippen LogP contribution in [0.5, 0.6) is 5.75 Å². The molecule has 1 fully saturated rings. The molecule has 0 radical (unpaired) electrons. The fourth-order valence-corrected chi connectivity index (χ4v) is 3.67. The Balaban J connectivity index is 1.67. The number of pyridine rings is 1. The molecular formula is C19H19FN2O4S. The zero-order valence-corrected chi connectivity index (χ0v) is 15.5. The first-order chi connectivity index (χ1) is 13.1. The Kier molecular flexibility index (Phi) is 6.28.